The van der Waals surface area contributed by atoms with Crippen molar-refractivity contribution < 1.29 is 14.3 Å². The lowest BCUT2D eigenvalue weighted by atomic mass is 10.2. The number of halogens is 1. The summed E-state index contributed by atoms with van der Waals surface area (Å²) in [6.07, 6.45) is 0. The molecule has 0 aromatic heterocycles. The molecule has 100 valence electrons. The van der Waals surface area contributed by atoms with Crippen LogP contribution in [0.4, 0.5) is 5.69 Å². The van der Waals surface area contributed by atoms with Crippen LogP contribution in [-0.2, 0) is 4.79 Å². The van der Waals surface area contributed by atoms with Crippen LogP contribution in [0.25, 0.3) is 0 Å². The number of ether oxygens (including phenoxy) is 2. The van der Waals surface area contributed by atoms with E-state index >= 15 is 0 Å². The summed E-state index contributed by atoms with van der Waals surface area (Å²) >= 11 is 8.64. The van der Waals surface area contributed by atoms with E-state index in [1.807, 2.05) is 0 Å². The number of carbonyl (C=O) groups excluding carboxylic acids is 1. The predicted octanol–water partition coefficient (Wildman–Crippen LogP) is 1.83. The monoisotopic (exact) mass is 342 g/mol. The lowest BCUT2D eigenvalue weighted by Crippen LogP contribution is -2.31. The number of fused-ring (bicyclic) bond motifs is 1. The third-order valence-electron chi connectivity index (χ3n) is 2.99. The first kappa shape index (κ1) is 12.7. The van der Waals surface area contributed by atoms with E-state index in [0.717, 1.165) is 4.47 Å². The molecule has 2 heterocycles. The van der Waals surface area contributed by atoms with Gasteiger partial charge in [-0.15, -0.1) is 0 Å². The van der Waals surface area contributed by atoms with Gasteiger partial charge in [0.25, 0.3) is 5.91 Å². The summed E-state index contributed by atoms with van der Waals surface area (Å²) < 4.78 is 11.8. The molecule has 1 saturated heterocycles. The summed E-state index contributed by atoms with van der Waals surface area (Å²) in [7, 11) is 0. The molecule has 1 amide bonds. The number of amides is 1. The number of thiocarbonyl (C=S) groups is 1. The number of anilines is 1. The van der Waals surface area contributed by atoms with Gasteiger partial charge in [-0.2, -0.15) is 0 Å². The van der Waals surface area contributed by atoms with Gasteiger partial charge >= 0.3 is 0 Å². The van der Waals surface area contributed by atoms with Crippen molar-refractivity contribution in [3.63, 3.8) is 0 Å². The van der Waals surface area contributed by atoms with Crippen molar-refractivity contribution in [2.45, 2.75) is 13.0 Å². The first-order valence-corrected chi connectivity index (χ1v) is 7.01. The molecule has 19 heavy (non-hydrogen) atoms. The maximum Gasteiger partial charge on any atom is 0.255 e. The highest BCUT2D eigenvalue weighted by molar-refractivity contribution is 9.10. The third kappa shape index (κ3) is 2.06. The maximum absolute atomic E-state index is 12.1. The zero-order valence-corrected chi connectivity index (χ0v) is 12.5. The zero-order valence-electron chi connectivity index (χ0n) is 10.1. The molecular formula is C12H11BrN2O3S. The van der Waals surface area contributed by atoms with Crippen LogP contribution in [-0.4, -0.2) is 30.3 Å². The standard InChI is InChI=1S/C12H11BrN2O3S/c1-6-11(16)15(12(19)14-6)8-5-10-9(4-7(8)13)17-2-3-18-10/h4-6H,2-3H2,1H3,(H,14,19)/t6-/m0/s1. The molecule has 2 aliphatic rings. The lowest BCUT2D eigenvalue weighted by Gasteiger charge is -2.22. The van der Waals surface area contributed by atoms with Gasteiger partial charge in [0.15, 0.2) is 16.6 Å². The van der Waals surface area contributed by atoms with Crippen molar-refractivity contribution in [2.75, 3.05) is 18.1 Å². The molecule has 3 rings (SSSR count). The van der Waals surface area contributed by atoms with Crippen LogP contribution < -0.4 is 19.7 Å². The molecule has 1 atom stereocenters. The minimum atomic E-state index is -0.312. The zero-order chi connectivity index (χ0) is 13.6. The van der Waals surface area contributed by atoms with Crippen molar-refractivity contribution in [2.24, 2.45) is 0 Å². The highest BCUT2D eigenvalue weighted by atomic mass is 79.9. The van der Waals surface area contributed by atoms with Crippen LogP contribution in [0.1, 0.15) is 6.92 Å². The normalized spacial score (nSPS) is 21.6. The number of benzene rings is 1. The molecule has 7 heteroatoms. The van der Waals surface area contributed by atoms with Crippen LogP contribution >= 0.6 is 28.1 Å². The molecule has 0 radical (unpaired) electrons. The molecule has 0 spiro atoms. The molecule has 0 unspecified atom stereocenters. The fraction of sp³-hybridized carbons (Fsp3) is 0.333. The number of rotatable bonds is 1. The molecule has 0 aliphatic carbocycles. The Morgan fingerprint density at radius 3 is 2.58 bits per heavy atom. The Hall–Kier alpha value is -1.34. The van der Waals surface area contributed by atoms with Crippen molar-refractivity contribution >= 4 is 44.9 Å². The molecule has 1 fully saturated rings. The van der Waals surface area contributed by atoms with Crippen LogP contribution in [0.3, 0.4) is 0 Å². The molecule has 5 nitrogen and oxygen atoms in total. The SMILES string of the molecule is C[C@@H]1NC(=S)N(c2cc3c(cc2Br)OCCO3)C1=O. The molecule has 1 aromatic carbocycles. The minimum Gasteiger partial charge on any atom is -0.486 e. The quantitative estimate of drug-likeness (QED) is 0.789. The fourth-order valence-electron chi connectivity index (χ4n) is 2.06. The highest BCUT2D eigenvalue weighted by Crippen LogP contribution is 2.40. The van der Waals surface area contributed by atoms with Gasteiger partial charge in [-0.05, 0) is 35.1 Å². The highest BCUT2D eigenvalue weighted by Gasteiger charge is 2.35. The van der Waals surface area contributed by atoms with Gasteiger partial charge in [0.05, 0.1) is 5.69 Å². The van der Waals surface area contributed by atoms with Crippen LogP contribution in [0.2, 0.25) is 0 Å². The number of hydrogen-bond donors (Lipinski definition) is 1. The van der Waals surface area contributed by atoms with Gasteiger partial charge in [-0.3, -0.25) is 9.69 Å². The largest absolute Gasteiger partial charge is 0.486 e. The number of nitrogens with one attached hydrogen (secondary N) is 1. The van der Waals surface area contributed by atoms with Gasteiger partial charge in [-0.1, -0.05) is 0 Å². The van der Waals surface area contributed by atoms with E-state index in [9.17, 15) is 4.79 Å². The first-order chi connectivity index (χ1) is 9.08. The molecule has 0 bridgehead atoms. The Morgan fingerprint density at radius 1 is 1.37 bits per heavy atom. The molecule has 0 saturated carbocycles. The van der Waals surface area contributed by atoms with E-state index in [4.69, 9.17) is 21.7 Å². The van der Waals surface area contributed by atoms with Gasteiger partial charge in [0, 0.05) is 16.6 Å². The summed E-state index contributed by atoms with van der Waals surface area (Å²) in [5.74, 6) is 1.21. The average Bonchev–Trinajstić information content (AvgIpc) is 2.63. The maximum atomic E-state index is 12.1. The van der Waals surface area contributed by atoms with Gasteiger partial charge in [0.1, 0.15) is 19.3 Å². The Labute approximate surface area is 124 Å². The number of nitrogens with zero attached hydrogens (tertiary/aromatic N) is 1. The third-order valence-corrected chi connectivity index (χ3v) is 3.92. The van der Waals surface area contributed by atoms with Crippen molar-refractivity contribution in [1.82, 2.24) is 5.32 Å². The van der Waals surface area contributed by atoms with E-state index in [1.54, 1.807) is 19.1 Å². The minimum absolute atomic E-state index is 0.0811. The summed E-state index contributed by atoms with van der Waals surface area (Å²) in [5, 5.41) is 3.34. The second-order valence-electron chi connectivity index (χ2n) is 4.29. The summed E-state index contributed by atoms with van der Waals surface area (Å²) in [6.45, 7) is 2.81. The van der Waals surface area contributed by atoms with E-state index in [2.05, 4.69) is 21.2 Å². The van der Waals surface area contributed by atoms with Crippen LogP contribution in [0.15, 0.2) is 16.6 Å². The summed E-state index contributed by atoms with van der Waals surface area (Å²) in [6, 6.07) is 3.25. The second-order valence-corrected chi connectivity index (χ2v) is 5.53. The number of hydrogen-bond acceptors (Lipinski definition) is 4. The van der Waals surface area contributed by atoms with E-state index in [1.165, 1.54) is 4.90 Å². The van der Waals surface area contributed by atoms with Gasteiger partial charge in [-0.25, -0.2) is 0 Å². The van der Waals surface area contributed by atoms with E-state index in [-0.39, 0.29) is 11.9 Å². The van der Waals surface area contributed by atoms with Crippen molar-refractivity contribution in [3.8, 4) is 11.5 Å². The van der Waals surface area contributed by atoms with Gasteiger partial charge < -0.3 is 14.8 Å². The molecular weight excluding hydrogens is 332 g/mol. The molecule has 2 aliphatic heterocycles. The van der Waals surface area contributed by atoms with Gasteiger partial charge in [0.2, 0.25) is 0 Å². The Kier molecular flexibility index (Phi) is 3.10. The van der Waals surface area contributed by atoms with E-state index in [0.29, 0.717) is 35.5 Å². The Bertz CT molecular complexity index is 578. The summed E-state index contributed by atoms with van der Waals surface area (Å²) in [4.78, 5) is 13.6. The van der Waals surface area contributed by atoms with E-state index < -0.39 is 0 Å². The molecule has 1 N–H and O–H groups in total. The van der Waals surface area contributed by atoms with Crippen LogP contribution in [0.5, 0.6) is 11.5 Å². The smallest absolute Gasteiger partial charge is 0.255 e. The van der Waals surface area contributed by atoms with Crippen molar-refractivity contribution in [1.29, 1.82) is 0 Å². The fourth-order valence-corrected chi connectivity index (χ4v) is 2.92. The number of carbonyl (C=O) groups is 1. The Morgan fingerprint density at radius 2 is 2.00 bits per heavy atom. The average molecular weight is 343 g/mol. The topological polar surface area (TPSA) is 50.8 Å². The molecule has 1 aromatic rings. The first-order valence-electron chi connectivity index (χ1n) is 5.81. The lowest BCUT2D eigenvalue weighted by molar-refractivity contribution is -0.117. The Balaban J connectivity index is 2.05. The predicted molar refractivity (Wildman–Crippen MR) is 77.8 cm³/mol. The van der Waals surface area contributed by atoms with Crippen LogP contribution in [0, 0.1) is 0 Å². The summed E-state index contributed by atoms with van der Waals surface area (Å²) in [5.41, 5.74) is 0.663. The second kappa shape index (κ2) is 4.64. The van der Waals surface area contributed by atoms with Crippen molar-refractivity contribution in [3.05, 3.63) is 16.6 Å².